The van der Waals surface area contributed by atoms with E-state index in [9.17, 15) is 34.8 Å². The van der Waals surface area contributed by atoms with Crippen molar-refractivity contribution < 1.29 is 53.4 Å². The first-order valence-electron chi connectivity index (χ1n) is 11.8. The highest BCUT2D eigenvalue weighted by molar-refractivity contribution is 5.94. The maximum absolute atomic E-state index is 13.3. The molecule has 2 heterocycles. The number of methoxy groups -OCH3 is 2. The molecule has 40 heavy (non-hydrogen) atoms. The van der Waals surface area contributed by atoms with E-state index in [0.717, 1.165) is 18.2 Å². The van der Waals surface area contributed by atoms with Gasteiger partial charge in [0.25, 0.3) is 0 Å². The third-order valence-corrected chi connectivity index (χ3v) is 6.47. The van der Waals surface area contributed by atoms with Gasteiger partial charge >= 0.3 is 11.9 Å². The Bertz CT molecular complexity index is 1740. The summed E-state index contributed by atoms with van der Waals surface area (Å²) in [7, 11) is 2.59. The molecule has 0 bridgehead atoms. The smallest absolute Gasteiger partial charge is 0.343 e. The first kappa shape index (κ1) is 26.2. The van der Waals surface area contributed by atoms with Gasteiger partial charge in [0.2, 0.25) is 11.2 Å². The molecule has 3 aromatic carbocycles. The van der Waals surface area contributed by atoms with Crippen LogP contribution in [0, 0.1) is 0 Å². The Morgan fingerprint density at radius 1 is 1.00 bits per heavy atom. The van der Waals surface area contributed by atoms with Crippen molar-refractivity contribution in [3.05, 3.63) is 63.8 Å². The van der Waals surface area contributed by atoms with Crippen LogP contribution in [0.5, 0.6) is 40.2 Å². The number of hydrogen-bond acceptors (Lipinski definition) is 12. The Morgan fingerprint density at radius 2 is 1.77 bits per heavy atom. The second-order valence-corrected chi connectivity index (χ2v) is 8.80. The number of benzene rings is 3. The first-order valence-corrected chi connectivity index (χ1v) is 11.8. The molecule has 0 spiro atoms. The molecule has 12 heteroatoms. The minimum Gasteiger partial charge on any atom is -0.507 e. The highest BCUT2D eigenvalue weighted by atomic mass is 16.6. The summed E-state index contributed by atoms with van der Waals surface area (Å²) in [5.41, 5.74) is -0.624. The van der Waals surface area contributed by atoms with E-state index in [1.54, 1.807) is 18.2 Å². The van der Waals surface area contributed by atoms with Crippen LogP contribution in [0.1, 0.15) is 23.5 Å². The summed E-state index contributed by atoms with van der Waals surface area (Å²) in [6.45, 7) is -0.471. The fourth-order valence-electron chi connectivity index (χ4n) is 4.62. The number of phenols is 3. The number of esters is 2. The molecule has 4 aromatic rings. The molecule has 0 saturated carbocycles. The van der Waals surface area contributed by atoms with Gasteiger partial charge in [-0.3, -0.25) is 9.59 Å². The third kappa shape index (κ3) is 4.34. The van der Waals surface area contributed by atoms with Crippen LogP contribution in [0.25, 0.3) is 22.3 Å². The number of para-hydroxylation sites is 1. The van der Waals surface area contributed by atoms with E-state index in [0.29, 0.717) is 5.56 Å². The summed E-state index contributed by atoms with van der Waals surface area (Å²) >= 11 is 0. The lowest BCUT2D eigenvalue weighted by atomic mass is 9.84. The van der Waals surface area contributed by atoms with Crippen LogP contribution < -0.4 is 19.6 Å². The number of carbonyl (C=O) groups is 2. The highest BCUT2D eigenvalue weighted by Gasteiger charge is 2.36. The molecule has 0 unspecified atom stereocenters. The van der Waals surface area contributed by atoms with E-state index < -0.39 is 52.9 Å². The largest absolute Gasteiger partial charge is 0.507 e. The van der Waals surface area contributed by atoms with Crippen molar-refractivity contribution in [1.82, 2.24) is 0 Å². The molecule has 0 aliphatic carbocycles. The van der Waals surface area contributed by atoms with Gasteiger partial charge in [0, 0.05) is 28.7 Å². The van der Waals surface area contributed by atoms with Crippen molar-refractivity contribution >= 4 is 22.9 Å². The number of aromatic hydroxyl groups is 4. The van der Waals surface area contributed by atoms with E-state index in [1.165, 1.54) is 20.3 Å². The SMILES string of the molecule is COC(=O)COc1c(OC)cccc1[C@@H]1CC(=O)Oc2cc(O)c3c(=O)c(O)c(-c4ccc(O)c(O)c4)oc3c21. The Labute approximate surface area is 225 Å². The molecule has 1 aliphatic rings. The summed E-state index contributed by atoms with van der Waals surface area (Å²) in [6, 6.07) is 9.42. The molecule has 1 aliphatic heterocycles. The number of carbonyl (C=O) groups excluding carboxylic acids is 2. The van der Waals surface area contributed by atoms with E-state index >= 15 is 0 Å². The van der Waals surface area contributed by atoms with Crippen LogP contribution in [-0.4, -0.2) is 53.2 Å². The lowest BCUT2D eigenvalue weighted by Gasteiger charge is -2.28. The van der Waals surface area contributed by atoms with Crippen LogP contribution in [0.4, 0.5) is 0 Å². The molecule has 1 aromatic heterocycles. The monoisotopic (exact) mass is 550 g/mol. The average molecular weight is 550 g/mol. The van der Waals surface area contributed by atoms with E-state index in [2.05, 4.69) is 4.74 Å². The number of ether oxygens (including phenoxy) is 4. The van der Waals surface area contributed by atoms with Crippen LogP contribution in [0.2, 0.25) is 0 Å². The van der Waals surface area contributed by atoms with Crippen molar-refractivity contribution in [2.24, 2.45) is 0 Å². The standard InChI is InChI=1S/C28H22O12/c1-36-18-5-3-4-13(27(18)38-11-21(33)37-2)14-9-20(32)39-19-10-17(31)23-24(34)25(35)26(40-28(23)22(14)19)12-6-7-15(29)16(30)8-12/h3-8,10,14,29-31,35H,9,11H2,1-2H3/t14-/m0/s1. The first-order chi connectivity index (χ1) is 19.1. The molecule has 0 radical (unpaired) electrons. The molecule has 1 atom stereocenters. The molecular formula is C28H22O12. The number of hydrogen-bond donors (Lipinski definition) is 4. The lowest BCUT2D eigenvalue weighted by molar-refractivity contribution is -0.143. The van der Waals surface area contributed by atoms with Crippen LogP contribution >= 0.6 is 0 Å². The Hall–Kier alpha value is -5.39. The molecular weight excluding hydrogens is 528 g/mol. The van der Waals surface area contributed by atoms with Crippen molar-refractivity contribution in [2.45, 2.75) is 12.3 Å². The zero-order valence-corrected chi connectivity index (χ0v) is 21.1. The number of fused-ring (bicyclic) bond motifs is 3. The molecule has 0 saturated heterocycles. The number of rotatable bonds is 6. The molecule has 4 N–H and O–H groups in total. The molecule has 12 nitrogen and oxygen atoms in total. The van der Waals surface area contributed by atoms with Gasteiger partial charge in [-0.2, -0.15) is 0 Å². The van der Waals surface area contributed by atoms with Crippen LogP contribution in [0.15, 0.2) is 51.7 Å². The minimum atomic E-state index is -0.993. The van der Waals surface area contributed by atoms with Crippen LogP contribution in [-0.2, 0) is 14.3 Å². The second kappa shape index (κ2) is 10.1. The van der Waals surface area contributed by atoms with Gasteiger partial charge in [0.05, 0.1) is 20.6 Å². The van der Waals surface area contributed by atoms with Gasteiger partial charge in [-0.15, -0.1) is 0 Å². The molecule has 206 valence electrons. The van der Waals surface area contributed by atoms with E-state index in [4.69, 9.17) is 18.6 Å². The summed E-state index contributed by atoms with van der Waals surface area (Å²) < 4.78 is 27.2. The van der Waals surface area contributed by atoms with E-state index in [1.807, 2.05) is 0 Å². The van der Waals surface area contributed by atoms with E-state index in [-0.39, 0.29) is 51.5 Å². The summed E-state index contributed by atoms with van der Waals surface area (Å²) in [5, 5.41) is 40.7. The fourth-order valence-corrected chi connectivity index (χ4v) is 4.62. The summed E-state index contributed by atoms with van der Waals surface area (Å²) in [4.78, 5) is 37.8. The lowest BCUT2D eigenvalue weighted by Crippen LogP contribution is -2.23. The average Bonchev–Trinajstić information content (AvgIpc) is 2.93. The van der Waals surface area contributed by atoms with Gasteiger partial charge in [-0.25, -0.2) is 4.79 Å². The van der Waals surface area contributed by atoms with Gasteiger partial charge < -0.3 is 43.8 Å². The van der Waals surface area contributed by atoms with Gasteiger partial charge in [-0.05, 0) is 24.3 Å². The normalized spacial score (nSPS) is 14.3. The van der Waals surface area contributed by atoms with Crippen molar-refractivity contribution in [2.75, 3.05) is 20.8 Å². The molecule has 5 rings (SSSR count). The predicted octanol–water partition coefficient (Wildman–Crippen LogP) is 3.28. The Morgan fingerprint density at radius 3 is 2.48 bits per heavy atom. The summed E-state index contributed by atoms with van der Waals surface area (Å²) in [6.07, 6.45) is -0.255. The van der Waals surface area contributed by atoms with Gasteiger partial charge in [-0.1, -0.05) is 12.1 Å². The summed E-state index contributed by atoms with van der Waals surface area (Å²) in [5.74, 6) is -4.79. The zero-order chi connectivity index (χ0) is 28.7. The van der Waals surface area contributed by atoms with Crippen LogP contribution in [0.3, 0.4) is 0 Å². The molecule has 0 fully saturated rings. The fraction of sp³-hybridized carbons (Fsp3) is 0.179. The van der Waals surface area contributed by atoms with Crippen molar-refractivity contribution in [3.63, 3.8) is 0 Å². The Kier molecular flexibility index (Phi) is 6.59. The predicted molar refractivity (Wildman–Crippen MR) is 137 cm³/mol. The quantitative estimate of drug-likeness (QED) is 0.156. The molecule has 0 amide bonds. The maximum atomic E-state index is 13.3. The second-order valence-electron chi connectivity index (χ2n) is 8.80. The highest BCUT2D eigenvalue weighted by Crippen LogP contribution is 2.50. The Balaban J connectivity index is 1.80. The zero-order valence-electron chi connectivity index (χ0n) is 21.1. The number of phenolic OH excluding ortho intramolecular Hbond substituents is 3. The maximum Gasteiger partial charge on any atom is 0.343 e. The topological polar surface area (TPSA) is 182 Å². The van der Waals surface area contributed by atoms with Crippen molar-refractivity contribution in [3.8, 4) is 51.6 Å². The van der Waals surface area contributed by atoms with Gasteiger partial charge in [0.1, 0.15) is 22.5 Å². The third-order valence-electron chi connectivity index (χ3n) is 6.47. The van der Waals surface area contributed by atoms with Gasteiger partial charge in [0.15, 0.2) is 35.4 Å². The van der Waals surface area contributed by atoms with Crippen molar-refractivity contribution in [1.29, 1.82) is 0 Å². The minimum absolute atomic E-state index is 0.0386.